The fraction of sp³-hybridized carbons (Fsp3) is 0.300. The Balaban J connectivity index is 2.53. The third-order valence-corrected chi connectivity index (χ3v) is 3.49. The summed E-state index contributed by atoms with van der Waals surface area (Å²) in [6.45, 7) is 1.58. The normalized spacial score (nSPS) is 20.2. The minimum atomic E-state index is -4.39. The Labute approximate surface area is 94.2 Å². The number of hydrogen-bond donors (Lipinski definition) is 1. The molecule has 0 saturated heterocycles. The zero-order chi connectivity index (χ0) is 11.9. The van der Waals surface area contributed by atoms with Crippen LogP contribution in [0.2, 0.25) is 0 Å². The molecule has 1 aliphatic rings. The van der Waals surface area contributed by atoms with Gasteiger partial charge in [0, 0.05) is 4.90 Å². The number of rotatable bonds is 0. The second kappa shape index (κ2) is 3.69. The van der Waals surface area contributed by atoms with Crippen molar-refractivity contribution in [2.24, 2.45) is 0 Å². The molecule has 16 heavy (non-hydrogen) atoms. The fourth-order valence-corrected chi connectivity index (χ4v) is 2.53. The van der Waals surface area contributed by atoms with E-state index in [9.17, 15) is 18.0 Å². The van der Waals surface area contributed by atoms with Crippen LogP contribution in [-0.2, 0) is 11.0 Å². The highest BCUT2D eigenvalue weighted by Crippen LogP contribution is 2.44. The van der Waals surface area contributed by atoms with E-state index in [1.54, 1.807) is 6.92 Å². The number of hydrogen-bond acceptors (Lipinski definition) is 2. The van der Waals surface area contributed by atoms with E-state index in [0.29, 0.717) is 0 Å². The molecule has 1 atom stereocenters. The van der Waals surface area contributed by atoms with Gasteiger partial charge in [-0.15, -0.1) is 11.8 Å². The first kappa shape index (κ1) is 11.3. The second-order valence-electron chi connectivity index (χ2n) is 3.43. The summed E-state index contributed by atoms with van der Waals surface area (Å²) in [5, 5.41) is 1.96. The third-order valence-electron chi connectivity index (χ3n) is 2.24. The number of thioether (sulfide) groups is 1. The summed E-state index contributed by atoms with van der Waals surface area (Å²) in [7, 11) is 0. The zero-order valence-corrected chi connectivity index (χ0v) is 9.08. The summed E-state index contributed by atoms with van der Waals surface area (Å²) in [5.41, 5.74) is -0.454. The maximum Gasteiger partial charge on any atom is 0.417 e. The molecule has 0 spiro atoms. The first-order chi connectivity index (χ1) is 7.39. The van der Waals surface area contributed by atoms with E-state index in [1.807, 2.05) is 0 Å². The van der Waals surface area contributed by atoms with E-state index >= 15 is 0 Å². The predicted molar refractivity (Wildman–Crippen MR) is 55.4 cm³/mol. The first-order valence-corrected chi connectivity index (χ1v) is 5.45. The van der Waals surface area contributed by atoms with Gasteiger partial charge in [0.05, 0.1) is 16.5 Å². The Kier molecular flexibility index (Phi) is 2.61. The molecule has 1 amide bonds. The quantitative estimate of drug-likeness (QED) is 0.763. The molecule has 1 aromatic rings. The fourth-order valence-electron chi connectivity index (χ4n) is 1.45. The molecule has 1 heterocycles. The molecule has 0 aromatic heterocycles. The van der Waals surface area contributed by atoms with Crippen molar-refractivity contribution in [2.45, 2.75) is 23.2 Å². The van der Waals surface area contributed by atoms with Crippen molar-refractivity contribution in [1.82, 2.24) is 0 Å². The molecule has 2 nitrogen and oxygen atoms in total. The standard InChI is InChI=1S/C10H8F3NOS/c1-5-9(15)14-7-4-2-3-6(8(7)16-5)10(11,12)13/h2-5H,1H3,(H,14,15). The minimum Gasteiger partial charge on any atom is -0.324 e. The molecule has 1 N–H and O–H groups in total. The number of benzene rings is 1. The van der Waals surface area contributed by atoms with Crippen LogP contribution in [0.5, 0.6) is 0 Å². The average Bonchev–Trinajstić information content (AvgIpc) is 2.17. The smallest absolute Gasteiger partial charge is 0.324 e. The number of alkyl halides is 3. The first-order valence-electron chi connectivity index (χ1n) is 4.57. The van der Waals surface area contributed by atoms with Gasteiger partial charge in [-0.2, -0.15) is 13.2 Å². The summed E-state index contributed by atoms with van der Waals surface area (Å²) in [4.78, 5) is 11.4. The van der Waals surface area contributed by atoms with Crippen molar-refractivity contribution in [3.05, 3.63) is 23.8 Å². The monoisotopic (exact) mass is 247 g/mol. The van der Waals surface area contributed by atoms with E-state index in [2.05, 4.69) is 5.32 Å². The lowest BCUT2D eigenvalue weighted by Crippen LogP contribution is -2.27. The number of carbonyl (C=O) groups is 1. The van der Waals surface area contributed by atoms with E-state index in [0.717, 1.165) is 17.8 Å². The van der Waals surface area contributed by atoms with Crippen LogP contribution < -0.4 is 5.32 Å². The molecule has 0 radical (unpaired) electrons. The molecule has 1 aliphatic heterocycles. The van der Waals surface area contributed by atoms with Gasteiger partial charge in [0.1, 0.15) is 0 Å². The largest absolute Gasteiger partial charge is 0.417 e. The van der Waals surface area contributed by atoms with Crippen molar-refractivity contribution < 1.29 is 18.0 Å². The summed E-state index contributed by atoms with van der Waals surface area (Å²) in [6.07, 6.45) is -4.39. The highest BCUT2D eigenvalue weighted by Gasteiger charge is 2.37. The number of halogens is 3. The van der Waals surface area contributed by atoms with Gasteiger partial charge in [-0.3, -0.25) is 4.79 Å². The number of carbonyl (C=O) groups excluding carboxylic acids is 1. The number of nitrogens with one attached hydrogen (secondary N) is 1. The van der Waals surface area contributed by atoms with E-state index in [-0.39, 0.29) is 16.5 Å². The van der Waals surface area contributed by atoms with Crippen molar-refractivity contribution >= 4 is 23.4 Å². The molecule has 2 rings (SSSR count). The van der Waals surface area contributed by atoms with Crippen LogP contribution in [0.15, 0.2) is 23.1 Å². The number of anilines is 1. The van der Waals surface area contributed by atoms with Crippen LogP contribution in [0.4, 0.5) is 18.9 Å². The van der Waals surface area contributed by atoms with Crippen molar-refractivity contribution in [2.75, 3.05) is 5.32 Å². The Bertz CT molecular complexity index is 444. The molecular weight excluding hydrogens is 239 g/mol. The van der Waals surface area contributed by atoms with E-state index < -0.39 is 17.0 Å². The minimum absolute atomic E-state index is 0.0992. The van der Waals surface area contributed by atoms with Crippen LogP contribution >= 0.6 is 11.8 Å². The lowest BCUT2D eigenvalue weighted by atomic mass is 10.2. The summed E-state index contributed by atoms with van der Waals surface area (Å²) in [6, 6.07) is 3.79. The number of amides is 1. The van der Waals surface area contributed by atoms with Gasteiger partial charge in [0.15, 0.2) is 0 Å². The Morgan fingerprint density at radius 2 is 2.06 bits per heavy atom. The Morgan fingerprint density at radius 1 is 1.38 bits per heavy atom. The topological polar surface area (TPSA) is 29.1 Å². The maximum absolute atomic E-state index is 12.7. The van der Waals surface area contributed by atoms with Gasteiger partial charge in [0.25, 0.3) is 0 Å². The zero-order valence-electron chi connectivity index (χ0n) is 8.26. The van der Waals surface area contributed by atoms with Gasteiger partial charge in [-0.25, -0.2) is 0 Å². The van der Waals surface area contributed by atoms with Gasteiger partial charge >= 0.3 is 6.18 Å². The molecule has 0 fully saturated rings. The van der Waals surface area contributed by atoms with Gasteiger partial charge in [0.2, 0.25) is 5.91 Å². The van der Waals surface area contributed by atoms with Crippen molar-refractivity contribution in [3.8, 4) is 0 Å². The van der Waals surface area contributed by atoms with Crippen molar-refractivity contribution in [3.63, 3.8) is 0 Å². The van der Waals surface area contributed by atoms with Gasteiger partial charge in [-0.05, 0) is 19.1 Å². The number of fused-ring (bicyclic) bond motifs is 1. The molecule has 86 valence electrons. The van der Waals surface area contributed by atoms with Crippen LogP contribution in [-0.4, -0.2) is 11.2 Å². The van der Waals surface area contributed by atoms with Crippen molar-refractivity contribution in [1.29, 1.82) is 0 Å². The third kappa shape index (κ3) is 1.89. The summed E-state index contributed by atoms with van der Waals surface area (Å²) >= 11 is 0.941. The second-order valence-corrected chi connectivity index (χ2v) is 4.78. The maximum atomic E-state index is 12.7. The molecule has 0 saturated carbocycles. The average molecular weight is 247 g/mol. The molecule has 1 unspecified atom stereocenters. The predicted octanol–water partition coefficient (Wildman–Crippen LogP) is 3.14. The summed E-state index contributed by atoms with van der Waals surface area (Å²) in [5.74, 6) is -0.267. The highest BCUT2D eigenvalue weighted by atomic mass is 32.2. The van der Waals surface area contributed by atoms with Crippen LogP contribution in [0.1, 0.15) is 12.5 Å². The van der Waals surface area contributed by atoms with E-state index in [1.165, 1.54) is 12.1 Å². The van der Waals surface area contributed by atoms with Gasteiger partial charge in [-0.1, -0.05) is 6.07 Å². The highest BCUT2D eigenvalue weighted by molar-refractivity contribution is 8.01. The lowest BCUT2D eigenvalue weighted by Gasteiger charge is -2.24. The molecule has 0 bridgehead atoms. The lowest BCUT2D eigenvalue weighted by molar-refractivity contribution is -0.139. The van der Waals surface area contributed by atoms with Crippen LogP contribution in [0.25, 0.3) is 0 Å². The van der Waals surface area contributed by atoms with Crippen LogP contribution in [0.3, 0.4) is 0 Å². The van der Waals surface area contributed by atoms with E-state index in [4.69, 9.17) is 0 Å². The molecule has 6 heteroatoms. The van der Waals surface area contributed by atoms with Gasteiger partial charge < -0.3 is 5.32 Å². The Hall–Kier alpha value is -1.17. The molecule has 0 aliphatic carbocycles. The SMILES string of the molecule is CC1Sc2c(cccc2C(F)(F)F)NC1=O. The molecule has 1 aromatic carbocycles. The Morgan fingerprint density at radius 3 is 2.69 bits per heavy atom. The summed E-state index contributed by atoms with van der Waals surface area (Å²) < 4.78 is 38.0. The van der Waals surface area contributed by atoms with Crippen LogP contribution in [0, 0.1) is 0 Å². The molecular formula is C10H8F3NOS.